The van der Waals surface area contributed by atoms with Gasteiger partial charge in [0.2, 0.25) is 5.76 Å². The van der Waals surface area contributed by atoms with Gasteiger partial charge in [0.25, 0.3) is 0 Å². The molecule has 0 aliphatic heterocycles. The summed E-state index contributed by atoms with van der Waals surface area (Å²) in [5.41, 5.74) is 0.942. The SMILES string of the molecule is CCOC(=O)c1oc2ccc(Br)cc2c1COC(=O)Cn1cnnn1. The molecule has 3 rings (SSSR count). The Morgan fingerprint density at radius 2 is 2.16 bits per heavy atom. The molecule has 3 aromatic rings. The number of carbonyl (C=O) groups is 2. The maximum Gasteiger partial charge on any atom is 0.374 e. The summed E-state index contributed by atoms with van der Waals surface area (Å²) in [5.74, 6) is -1.14. The van der Waals surface area contributed by atoms with Crippen LogP contribution in [0.15, 0.2) is 33.4 Å². The third-order valence-corrected chi connectivity index (χ3v) is 3.77. The molecule has 0 bridgehead atoms. The Morgan fingerprint density at radius 1 is 1.32 bits per heavy atom. The van der Waals surface area contributed by atoms with Gasteiger partial charge >= 0.3 is 11.9 Å². The van der Waals surface area contributed by atoms with Crippen molar-refractivity contribution in [3.8, 4) is 0 Å². The number of carbonyl (C=O) groups excluding carboxylic acids is 2. The first-order valence-electron chi connectivity index (χ1n) is 7.33. The van der Waals surface area contributed by atoms with Crippen molar-refractivity contribution in [3.63, 3.8) is 0 Å². The van der Waals surface area contributed by atoms with E-state index < -0.39 is 11.9 Å². The van der Waals surface area contributed by atoms with Crippen molar-refractivity contribution in [2.45, 2.75) is 20.1 Å². The Kier molecular flexibility index (Phi) is 5.08. The Balaban J connectivity index is 1.84. The van der Waals surface area contributed by atoms with E-state index in [2.05, 4.69) is 31.5 Å². The molecule has 0 atom stereocenters. The van der Waals surface area contributed by atoms with E-state index in [9.17, 15) is 9.59 Å². The van der Waals surface area contributed by atoms with Crippen molar-refractivity contribution in [3.05, 3.63) is 40.3 Å². The third kappa shape index (κ3) is 3.85. The average Bonchev–Trinajstić information content (AvgIpc) is 3.20. The Labute approximate surface area is 150 Å². The number of tetrazole rings is 1. The summed E-state index contributed by atoms with van der Waals surface area (Å²) in [6, 6.07) is 5.29. The number of nitrogens with zero attached hydrogens (tertiary/aromatic N) is 4. The van der Waals surface area contributed by atoms with Crippen molar-refractivity contribution in [1.29, 1.82) is 0 Å². The maximum atomic E-state index is 12.1. The summed E-state index contributed by atoms with van der Waals surface area (Å²) < 4.78 is 17.9. The van der Waals surface area contributed by atoms with Gasteiger partial charge < -0.3 is 13.9 Å². The molecule has 0 N–H and O–H groups in total. The van der Waals surface area contributed by atoms with Crippen molar-refractivity contribution < 1.29 is 23.5 Å². The van der Waals surface area contributed by atoms with Gasteiger partial charge in [0, 0.05) is 9.86 Å². The number of fused-ring (bicyclic) bond motifs is 1. The van der Waals surface area contributed by atoms with Crippen molar-refractivity contribution in [2.24, 2.45) is 0 Å². The van der Waals surface area contributed by atoms with E-state index >= 15 is 0 Å². The molecule has 0 spiro atoms. The molecule has 0 aliphatic carbocycles. The van der Waals surface area contributed by atoms with Gasteiger partial charge in [-0.3, -0.25) is 4.79 Å². The third-order valence-electron chi connectivity index (χ3n) is 3.27. The molecule has 1 aromatic carbocycles. The van der Waals surface area contributed by atoms with Crippen LogP contribution in [-0.4, -0.2) is 38.8 Å². The minimum Gasteiger partial charge on any atom is -0.460 e. The van der Waals surface area contributed by atoms with Gasteiger partial charge in [-0.15, -0.1) is 5.10 Å². The summed E-state index contributed by atoms with van der Waals surface area (Å²) in [6.45, 7) is 1.63. The highest BCUT2D eigenvalue weighted by atomic mass is 79.9. The van der Waals surface area contributed by atoms with Crippen LogP contribution >= 0.6 is 15.9 Å². The largest absolute Gasteiger partial charge is 0.460 e. The number of benzene rings is 1. The van der Waals surface area contributed by atoms with Crippen LogP contribution in [-0.2, 0) is 27.4 Å². The zero-order chi connectivity index (χ0) is 17.8. The molecule has 2 aromatic heterocycles. The van der Waals surface area contributed by atoms with Crippen LogP contribution in [0.1, 0.15) is 23.0 Å². The number of halogens is 1. The molecule has 0 fully saturated rings. The minimum absolute atomic E-state index is 0.0187. The molecule has 25 heavy (non-hydrogen) atoms. The molecule has 0 amide bonds. The summed E-state index contributed by atoms with van der Waals surface area (Å²) in [7, 11) is 0. The number of hydrogen-bond acceptors (Lipinski definition) is 8. The molecule has 0 radical (unpaired) electrons. The molecular weight excluding hydrogens is 396 g/mol. The summed E-state index contributed by atoms with van der Waals surface area (Å²) in [4.78, 5) is 24.0. The van der Waals surface area contributed by atoms with E-state index in [0.717, 1.165) is 4.47 Å². The van der Waals surface area contributed by atoms with E-state index in [1.165, 1.54) is 11.0 Å². The number of aromatic nitrogens is 4. The topological polar surface area (TPSA) is 109 Å². The van der Waals surface area contributed by atoms with Crippen LogP contribution in [0, 0.1) is 0 Å². The first-order chi connectivity index (χ1) is 12.1. The Bertz CT molecular complexity index is 906. The highest BCUT2D eigenvalue weighted by Gasteiger charge is 2.23. The van der Waals surface area contributed by atoms with E-state index in [1.54, 1.807) is 25.1 Å². The van der Waals surface area contributed by atoms with Crippen molar-refractivity contribution in [2.75, 3.05) is 6.61 Å². The van der Waals surface area contributed by atoms with E-state index in [4.69, 9.17) is 13.9 Å². The van der Waals surface area contributed by atoms with Crippen molar-refractivity contribution >= 4 is 38.8 Å². The smallest absolute Gasteiger partial charge is 0.374 e. The van der Waals surface area contributed by atoms with Crippen LogP contribution in [0.5, 0.6) is 0 Å². The molecule has 0 unspecified atom stereocenters. The summed E-state index contributed by atoms with van der Waals surface area (Å²) in [6.07, 6.45) is 1.30. The Morgan fingerprint density at radius 3 is 2.88 bits per heavy atom. The molecule has 0 aliphatic rings. The molecule has 0 saturated carbocycles. The first-order valence-corrected chi connectivity index (χ1v) is 8.12. The number of furan rings is 1. The lowest BCUT2D eigenvalue weighted by atomic mass is 10.1. The normalized spacial score (nSPS) is 10.8. The lowest BCUT2D eigenvalue weighted by molar-refractivity contribution is -0.145. The van der Waals surface area contributed by atoms with E-state index in [-0.39, 0.29) is 25.5 Å². The van der Waals surface area contributed by atoms with Crippen LogP contribution in [0.2, 0.25) is 0 Å². The molecule has 130 valence electrons. The lowest BCUT2D eigenvalue weighted by Crippen LogP contribution is -2.15. The second-order valence-electron chi connectivity index (χ2n) is 4.94. The number of rotatable bonds is 6. The van der Waals surface area contributed by atoms with Gasteiger partial charge in [0.15, 0.2) is 0 Å². The Hall–Kier alpha value is -2.75. The van der Waals surface area contributed by atoms with Crippen LogP contribution < -0.4 is 0 Å². The zero-order valence-electron chi connectivity index (χ0n) is 13.1. The highest BCUT2D eigenvalue weighted by Crippen LogP contribution is 2.30. The van der Waals surface area contributed by atoms with Gasteiger partial charge in [0.1, 0.15) is 25.1 Å². The number of hydrogen-bond donors (Lipinski definition) is 0. The fourth-order valence-corrected chi connectivity index (χ4v) is 2.57. The predicted molar refractivity (Wildman–Crippen MR) is 87.5 cm³/mol. The van der Waals surface area contributed by atoms with Gasteiger partial charge in [-0.2, -0.15) is 0 Å². The maximum absolute atomic E-state index is 12.1. The van der Waals surface area contributed by atoms with Gasteiger partial charge in [-0.05, 0) is 35.5 Å². The second-order valence-corrected chi connectivity index (χ2v) is 5.85. The molecule has 2 heterocycles. The summed E-state index contributed by atoms with van der Waals surface area (Å²) in [5, 5.41) is 11.1. The quantitative estimate of drug-likeness (QED) is 0.570. The monoisotopic (exact) mass is 408 g/mol. The van der Waals surface area contributed by atoms with Gasteiger partial charge in [0.05, 0.1) is 12.2 Å². The zero-order valence-corrected chi connectivity index (χ0v) is 14.7. The fraction of sp³-hybridized carbons (Fsp3) is 0.267. The predicted octanol–water partition coefficient (Wildman–Crippen LogP) is 2.10. The minimum atomic E-state index is -0.610. The van der Waals surface area contributed by atoms with Crippen LogP contribution in [0.25, 0.3) is 11.0 Å². The fourth-order valence-electron chi connectivity index (χ4n) is 2.21. The average molecular weight is 409 g/mol. The lowest BCUT2D eigenvalue weighted by Gasteiger charge is -2.05. The molecule has 0 saturated heterocycles. The first kappa shape index (κ1) is 17.1. The van der Waals surface area contributed by atoms with E-state index in [1.807, 2.05) is 0 Å². The molecule has 10 heteroatoms. The van der Waals surface area contributed by atoms with Gasteiger partial charge in [-0.1, -0.05) is 15.9 Å². The van der Waals surface area contributed by atoms with Gasteiger partial charge in [-0.25, -0.2) is 9.48 Å². The van der Waals surface area contributed by atoms with Crippen LogP contribution in [0.3, 0.4) is 0 Å². The standard InChI is InChI=1S/C15H13BrN4O5/c1-2-23-15(22)14-11(10-5-9(16)3-4-12(10)25-14)7-24-13(21)6-20-8-17-18-19-20/h3-5,8H,2,6-7H2,1H3. The number of esters is 2. The van der Waals surface area contributed by atoms with E-state index in [0.29, 0.717) is 16.5 Å². The highest BCUT2D eigenvalue weighted by molar-refractivity contribution is 9.10. The van der Waals surface area contributed by atoms with Crippen molar-refractivity contribution in [1.82, 2.24) is 20.2 Å². The molecular formula is C15H13BrN4O5. The summed E-state index contributed by atoms with van der Waals surface area (Å²) >= 11 is 3.37. The molecule has 9 nitrogen and oxygen atoms in total. The number of ether oxygens (including phenoxy) is 2. The van der Waals surface area contributed by atoms with Crippen LogP contribution in [0.4, 0.5) is 0 Å². The second kappa shape index (κ2) is 7.43.